The van der Waals surface area contributed by atoms with E-state index in [1.807, 2.05) is 12.3 Å². The monoisotopic (exact) mass is 774 g/mol. The largest absolute Gasteiger partial charge is 0.396 e. The molecule has 0 aliphatic carbocycles. The molecule has 9 rings (SSSR count). The number of aromatic amines is 4. The first-order valence-electron chi connectivity index (χ1n) is 20.7. The van der Waals surface area contributed by atoms with Crippen molar-refractivity contribution in [3.63, 3.8) is 0 Å². The zero-order chi connectivity index (χ0) is 41.4. The number of H-pyrrole nitrogens is 4. The molecule has 1 aliphatic rings. The molecule has 5 aromatic heterocycles. The smallest absolute Gasteiger partial charge is 0.0880 e. The van der Waals surface area contributed by atoms with Crippen molar-refractivity contribution in [2.75, 3.05) is 5.73 Å². The highest BCUT2D eigenvalue weighted by Crippen LogP contribution is 2.43. The standard InChI is InChI=1S/C53H54N6/c1-51(2,3)34-18-12-31(13-19-34)44-38-24-25-39(56-38)45(32-14-20-35(21-15-32)52(4,5)6)41-28-29-43(58-41)49-47(37-11-10-30-55-37)48(54)50(59-49)46(42-27-26-40(44)57-42)33-16-22-36(23-17-33)53(7,8)9/h10-30,55-57,59H,54H2,1-9H3. The Bertz CT molecular complexity index is 3000. The number of nitrogens with one attached hydrogen (secondary N) is 4. The van der Waals surface area contributed by atoms with Crippen LogP contribution in [0, 0.1) is 0 Å². The number of nitrogens with two attached hydrogens (primary N) is 1. The van der Waals surface area contributed by atoms with E-state index in [0.717, 1.165) is 89.1 Å². The first kappa shape index (κ1) is 38.0. The van der Waals surface area contributed by atoms with E-state index < -0.39 is 0 Å². The first-order valence-corrected chi connectivity index (χ1v) is 20.7. The minimum Gasteiger partial charge on any atom is -0.396 e. The highest BCUT2D eigenvalue weighted by atomic mass is 14.8. The van der Waals surface area contributed by atoms with E-state index in [9.17, 15) is 0 Å². The lowest BCUT2D eigenvalue weighted by Gasteiger charge is -2.19. The van der Waals surface area contributed by atoms with E-state index in [4.69, 9.17) is 10.7 Å². The van der Waals surface area contributed by atoms with E-state index in [1.54, 1.807) is 0 Å². The van der Waals surface area contributed by atoms with E-state index >= 15 is 0 Å². The van der Waals surface area contributed by atoms with Gasteiger partial charge in [0.05, 0.1) is 28.1 Å². The molecule has 0 saturated heterocycles. The van der Waals surface area contributed by atoms with Crippen LogP contribution in [0.1, 0.15) is 90.4 Å². The van der Waals surface area contributed by atoms with Crippen molar-refractivity contribution in [1.82, 2.24) is 24.9 Å². The van der Waals surface area contributed by atoms with E-state index in [2.05, 4.69) is 198 Å². The SMILES string of the molecule is CC(C)(C)c1ccc(-c2c3nc(c4[nH]c(c(N)c4-c4ccc[nH]4)c(-c4ccc(C(C)(C)C)cc4)c4ccc([nH]4)c(-c4ccc(C(C)(C)C)cc4)c4ccc2[nH]4)C=C3)cc1. The van der Waals surface area contributed by atoms with Crippen LogP contribution in [0.25, 0.3) is 89.9 Å². The molecule has 6 N–H and O–H groups in total. The molecule has 59 heavy (non-hydrogen) atoms. The van der Waals surface area contributed by atoms with E-state index in [0.29, 0.717) is 5.69 Å². The summed E-state index contributed by atoms with van der Waals surface area (Å²) < 4.78 is 0. The third-order valence-electron chi connectivity index (χ3n) is 11.9. The van der Waals surface area contributed by atoms with Crippen LogP contribution in [0.5, 0.6) is 0 Å². The molecular formula is C53H54N6. The van der Waals surface area contributed by atoms with Crippen LogP contribution in [0.15, 0.2) is 115 Å². The fourth-order valence-electron chi connectivity index (χ4n) is 8.43. The predicted molar refractivity (Wildman–Crippen MR) is 252 cm³/mol. The Morgan fingerprint density at radius 3 is 1.31 bits per heavy atom. The molecule has 1 aliphatic heterocycles. The highest BCUT2D eigenvalue weighted by molar-refractivity contribution is 6.09. The number of nitrogen functional groups attached to an aromatic ring is 1. The molecule has 3 aromatic carbocycles. The molecule has 0 saturated carbocycles. The molecule has 296 valence electrons. The normalized spacial score (nSPS) is 12.8. The Hall–Kier alpha value is -6.53. The number of fused-ring (bicyclic) bond motifs is 9. The summed E-state index contributed by atoms with van der Waals surface area (Å²) in [5.74, 6) is 0. The van der Waals surface area contributed by atoms with Crippen molar-refractivity contribution in [3.8, 4) is 44.6 Å². The lowest BCUT2D eigenvalue weighted by molar-refractivity contribution is 0.590. The van der Waals surface area contributed by atoms with Gasteiger partial charge in [0.15, 0.2) is 0 Å². The molecule has 0 radical (unpaired) electrons. The van der Waals surface area contributed by atoms with Crippen LogP contribution in [0.4, 0.5) is 5.69 Å². The molecule has 8 bridgehead atoms. The van der Waals surface area contributed by atoms with Gasteiger partial charge in [-0.05, 0) is 98.2 Å². The summed E-state index contributed by atoms with van der Waals surface area (Å²) in [6.07, 6.45) is 6.18. The van der Waals surface area contributed by atoms with Gasteiger partial charge in [0.25, 0.3) is 0 Å². The molecule has 6 heteroatoms. The summed E-state index contributed by atoms with van der Waals surface area (Å²) in [4.78, 5) is 20.5. The van der Waals surface area contributed by atoms with Gasteiger partial charge in [0, 0.05) is 56.2 Å². The van der Waals surface area contributed by atoms with Gasteiger partial charge >= 0.3 is 0 Å². The Kier molecular flexibility index (Phi) is 8.89. The van der Waals surface area contributed by atoms with Gasteiger partial charge in [-0.25, -0.2) is 4.98 Å². The minimum absolute atomic E-state index is 0.0108. The second kappa shape index (κ2) is 13.8. The number of hydrogen-bond donors (Lipinski definition) is 5. The van der Waals surface area contributed by atoms with Crippen molar-refractivity contribution >= 4 is 50.9 Å². The second-order valence-electron chi connectivity index (χ2n) is 19.1. The first-order chi connectivity index (χ1) is 28.0. The fourth-order valence-corrected chi connectivity index (χ4v) is 8.43. The van der Waals surface area contributed by atoms with E-state index in [1.165, 1.54) is 16.7 Å². The number of nitrogens with zero attached hydrogens (tertiary/aromatic N) is 1. The van der Waals surface area contributed by atoms with Crippen molar-refractivity contribution in [2.45, 2.75) is 78.6 Å². The van der Waals surface area contributed by atoms with Gasteiger partial charge in [-0.15, -0.1) is 0 Å². The van der Waals surface area contributed by atoms with Crippen LogP contribution in [-0.2, 0) is 16.2 Å². The van der Waals surface area contributed by atoms with Gasteiger partial charge in [-0.3, -0.25) is 0 Å². The lowest BCUT2D eigenvalue weighted by atomic mass is 9.86. The summed E-state index contributed by atoms with van der Waals surface area (Å²) in [5, 5.41) is 0. The average Bonchev–Trinajstić information content (AvgIpc) is 4.05. The molecule has 0 fully saturated rings. The van der Waals surface area contributed by atoms with Crippen molar-refractivity contribution < 1.29 is 0 Å². The van der Waals surface area contributed by atoms with Crippen LogP contribution in [0.2, 0.25) is 0 Å². The zero-order valence-electron chi connectivity index (χ0n) is 35.6. The maximum Gasteiger partial charge on any atom is 0.0880 e. The Labute approximate surface area is 347 Å². The summed E-state index contributed by atoms with van der Waals surface area (Å²) in [5.41, 5.74) is 27.4. The summed E-state index contributed by atoms with van der Waals surface area (Å²) in [7, 11) is 0. The van der Waals surface area contributed by atoms with Crippen molar-refractivity contribution in [2.24, 2.45) is 0 Å². The Morgan fingerprint density at radius 2 is 0.847 bits per heavy atom. The van der Waals surface area contributed by atoms with Crippen LogP contribution < -0.4 is 5.73 Å². The van der Waals surface area contributed by atoms with Crippen molar-refractivity contribution in [3.05, 3.63) is 143 Å². The fraction of sp³-hybridized carbons (Fsp3) is 0.226. The molecule has 0 unspecified atom stereocenters. The maximum atomic E-state index is 7.36. The number of hydrogen-bond acceptors (Lipinski definition) is 2. The number of rotatable bonds is 4. The molecule has 0 atom stereocenters. The zero-order valence-corrected chi connectivity index (χ0v) is 35.6. The lowest BCUT2D eigenvalue weighted by Crippen LogP contribution is -2.10. The predicted octanol–water partition coefficient (Wildman–Crippen LogP) is 14.2. The van der Waals surface area contributed by atoms with Gasteiger partial charge in [-0.2, -0.15) is 0 Å². The number of benzene rings is 3. The van der Waals surface area contributed by atoms with Gasteiger partial charge in [-0.1, -0.05) is 135 Å². The van der Waals surface area contributed by atoms with Crippen LogP contribution in [0.3, 0.4) is 0 Å². The summed E-state index contributed by atoms with van der Waals surface area (Å²) in [6.45, 7) is 20.3. The summed E-state index contributed by atoms with van der Waals surface area (Å²) in [6, 6.07) is 39.7. The van der Waals surface area contributed by atoms with Crippen LogP contribution >= 0.6 is 0 Å². The molecular weight excluding hydrogens is 721 g/mol. The van der Waals surface area contributed by atoms with Crippen molar-refractivity contribution in [1.29, 1.82) is 0 Å². The number of anilines is 1. The molecule has 0 amide bonds. The van der Waals surface area contributed by atoms with Crippen LogP contribution in [-0.4, -0.2) is 24.9 Å². The highest BCUT2D eigenvalue weighted by Gasteiger charge is 2.23. The van der Waals surface area contributed by atoms with E-state index in [-0.39, 0.29) is 16.2 Å². The Morgan fingerprint density at radius 1 is 0.424 bits per heavy atom. The summed E-state index contributed by atoms with van der Waals surface area (Å²) >= 11 is 0. The molecule has 6 nitrogen and oxygen atoms in total. The molecule has 8 aromatic rings. The van der Waals surface area contributed by atoms with Gasteiger partial charge in [0.1, 0.15) is 0 Å². The molecule has 0 spiro atoms. The average molecular weight is 775 g/mol. The third-order valence-corrected chi connectivity index (χ3v) is 11.9. The topological polar surface area (TPSA) is 102 Å². The minimum atomic E-state index is 0.0108. The quantitative estimate of drug-likeness (QED) is 0.123. The second-order valence-corrected chi connectivity index (χ2v) is 19.1. The molecule has 6 heterocycles. The van der Waals surface area contributed by atoms with Gasteiger partial charge < -0.3 is 25.7 Å². The number of aromatic nitrogens is 5. The third kappa shape index (κ3) is 6.86. The van der Waals surface area contributed by atoms with Gasteiger partial charge in [0.2, 0.25) is 0 Å². The maximum absolute atomic E-state index is 7.36. The Balaban J connectivity index is 1.45.